The molecule has 0 radical (unpaired) electrons. The molecule has 0 amide bonds. The van der Waals surface area contributed by atoms with Crippen molar-refractivity contribution >= 4 is 5.69 Å². The molecule has 0 spiro atoms. The number of hydrogen-bond acceptors (Lipinski definition) is 1. The van der Waals surface area contributed by atoms with Crippen LogP contribution in [0.1, 0.15) is 11.1 Å². The second-order valence-corrected chi connectivity index (χ2v) is 3.79. The van der Waals surface area contributed by atoms with Crippen LogP contribution in [-0.4, -0.2) is 0 Å². The molecule has 0 atom stereocenters. The highest BCUT2D eigenvalue weighted by atomic mass is 14.9. The Morgan fingerprint density at radius 1 is 1.13 bits per heavy atom. The predicted molar refractivity (Wildman–Crippen MR) is 61.3 cm³/mol. The molecule has 0 aliphatic rings. The molecule has 1 aromatic heterocycles. The smallest absolute Gasteiger partial charge is 0.173 e. The molecule has 0 aliphatic heterocycles. The van der Waals surface area contributed by atoms with Gasteiger partial charge in [-0.3, -0.25) is 0 Å². The molecule has 0 unspecified atom stereocenters. The minimum atomic E-state index is 0.820. The summed E-state index contributed by atoms with van der Waals surface area (Å²) < 4.78 is 2.14. The summed E-state index contributed by atoms with van der Waals surface area (Å²) in [6.45, 7) is 2.95. The highest BCUT2D eigenvalue weighted by molar-refractivity contribution is 5.40. The van der Waals surface area contributed by atoms with Gasteiger partial charge in [0.2, 0.25) is 0 Å². The lowest BCUT2D eigenvalue weighted by Crippen LogP contribution is -2.33. The number of pyridine rings is 1. The van der Waals surface area contributed by atoms with Crippen molar-refractivity contribution in [3.8, 4) is 0 Å². The van der Waals surface area contributed by atoms with Gasteiger partial charge in [0.1, 0.15) is 0 Å². The van der Waals surface area contributed by atoms with Crippen molar-refractivity contribution in [2.45, 2.75) is 13.5 Å². The van der Waals surface area contributed by atoms with Crippen molar-refractivity contribution in [2.24, 2.45) is 0 Å². The Hall–Kier alpha value is -1.83. The van der Waals surface area contributed by atoms with Gasteiger partial charge in [0.25, 0.3) is 0 Å². The molecular weight excluding hydrogens is 184 g/mol. The number of aryl methyl sites for hydroxylation is 1. The first kappa shape index (κ1) is 9.71. The molecule has 0 saturated carbocycles. The highest BCUT2D eigenvalue weighted by Gasteiger charge is 2.01. The van der Waals surface area contributed by atoms with E-state index in [0.717, 1.165) is 12.2 Å². The van der Waals surface area contributed by atoms with Gasteiger partial charge in [-0.2, -0.15) is 0 Å². The number of nitrogens with two attached hydrogens (primary N) is 1. The first-order valence-corrected chi connectivity index (χ1v) is 5.04. The number of hydrogen-bond donors (Lipinski definition) is 1. The molecule has 0 aliphatic carbocycles. The van der Waals surface area contributed by atoms with E-state index in [-0.39, 0.29) is 0 Å². The van der Waals surface area contributed by atoms with Crippen molar-refractivity contribution in [3.05, 3.63) is 59.9 Å². The highest BCUT2D eigenvalue weighted by Crippen LogP contribution is 2.05. The van der Waals surface area contributed by atoms with E-state index in [4.69, 9.17) is 5.73 Å². The maximum absolute atomic E-state index is 5.73. The van der Waals surface area contributed by atoms with Crippen LogP contribution in [0, 0.1) is 6.92 Å². The minimum Gasteiger partial charge on any atom is -0.399 e. The molecule has 0 bridgehead atoms. The molecular formula is C13H15N2+. The number of anilines is 1. The van der Waals surface area contributed by atoms with Crippen LogP contribution in [0.15, 0.2) is 48.8 Å². The van der Waals surface area contributed by atoms with Crippen molar-refractivity contribution < 1.29 is 4.57 Å². The monoisotopic (exact) mass is 199 g/mol. The summed E-state index contributed by atoms with van der Waals surface area (Å²) in [5, 5.41) is 0. The van der Waals surface area contributed by atoms with Gasteiger partial charge in [-0.15, -0.1) is 0 Å². The molecule has 2 aromatic rings. The summed E-state index contributed by atoms with van der Waals surface area (Å²) in [5.41, 5.74) is 9.05. The zero-order chi connectivity index (χ0) is 10.7. The van der Waals surface area contributed by atoms with Crippen LogP contribution in [0.25, 0.3) is 0 Å². The SMILES string of the molecule is Cc1cc[n+](Cc2cccc(N)c2)cc1. The number of benzene rings is 1. The zero-order valence-electron chi connectivity index (χ0n) is 8.85. The van der Waals surface area contributed by atoms with E-state index in [1.54, 1.807) is 0 Å². The van der Waals surface area contributed by atoms with Gasteiger partial charge < -0.3 is 5.73 Å². The topological polar surface area (TPSA) is 29.9 Å². The average Bonchev–Trinajstić information content (AvgIpc) is 2.22. The number of nitrogen functional groups attached to an aromatic ring is 1. The van der Waals surface area contributed by atoms with Crippen molar-refractivity contribution in [1.29, 1.82) is 0 Å². The van der Waals surface area contributed by atoms with Gasteiger partial charge in [0, 0.05) is 23.4 Å². The van der Waals surface area contributed by atoms with E-state index in [0.29, 0.717) is 0 Å². The van der Waals surface area contributed by atoms with Gasteiger partial charge in [-0.1, -0.05) is 12.1 Å². The standard InChI is InChI=1S/C13H15N2/c1-11-5-7-15(8-6-11)10-12-3-2-4-13(14)9-12/h2-9H,10,14H2,1H3/q+1. The summed E-state index contributed by atoms with van der Waals surface area (Å²) in [5.74, 6) is 0. The van der Waals surface area contributed by atoms with E-state index < -0.39 is 0 Å². The zero-order valence-corrected chi connectivity index (χ0v) is 8.85. The van der Waals surface area contributed by atoms with E-state index in [1.165, 1.54) is 11.1 Å². The van der Waals surface area contributed by atoms with E-state index in [2.05, 4.69) is 42.1 Å². The lowest BCUT2D eigenvalue weighted by Gasteiger charge is -1.99. The maximum Gasteiger partial charge on any atom is 0.173 e. The number of rotatable bonds is 2. The third-order valence-electron chi connectivity index (χ3n) is 2.37. The molecule has 2 nitrogen and oxygen atoms in total. The van der Waals surface area contributed by atoms with Crippen molar-refractivity contribution in [2.75, 3.05) is 5.73 Å². The molecule has 0 saturated heterocycles. The quantitative estimate of drug-likeness (QED) is 0.581. The van der Waals surface area contributed by atoms with Gasteiger partial charge in [-0.25, -0.2) is 4.57 Å². The summed E-state index contributed by atoms with van der Waals surface area (Å²) in [4.78, 5) is 0. The fourth-order valence-electron chi connectivity index (χ4n) is 1.54. The lowest BCUT2D eigenvalue weighted by molar-refractivity contribution is -0.688. The van der Waals surface area contributed by atoms with Crippen LogP contribution in [0.2, 0.25) is 0 Å². The van der Waals surface area contributed by atoms with Crippen LogP contribution < -0.4 is 10.3 Å². The molecule has 1 aromatic carbocycles. The van der Waals surface area contributed by atoms with Gasteiger partial charge >= 0.3 is 0 Å². The molecule has 15 heavy (non-hydrogen) atoms. The predicted octanol–water partition coefficient (Wildman–Crippen LogP) is 1.91. The third kappa shape index (κ3) is 2.56. The Bertz CT molecular complexity index is 446. The number of nitrogens with zero attached hydrogens (tertiary/aromatic N) is 1. The van der Waals surface area contributed by atoms with E-state index in [9.17, 15) is 0 Å². The largest absolute Gasteiger partial charge is 0.399 e. The molecule has 2 heteroatoms. The molecule has 0 fully saturated rings. The van der Waals surface area contributed by atoms with Crippen LogP contribution in [-0.2, 0) is 6.54 Å². The van der Waals surface area contributed by atoms with Gasteiger partial charge in [-0.05, 0) is 24.6 Å². The Kier molecular flexibility index (Phi) is 2.68. The van der Waals surface area contributed by atoms with Crippen LogP contribution in [0.3, 0.4) is 0 Å². The number of aromatic nitrogens is 1. The van der Waals surface area contributed by atoms with Crippen molar-refractivity contribution in [3.63, 3.8) is 0 Å². The van der Waals surface area contributed by atoms with Crippen LogP contribution in [0.4, 0.5) is 5.69 Å². The van der Waals surface area contributed by atoms with Gasteiger partial charge in [0.05, 0.1) is 0 Å². The van der Waals surface area contributed by atoms with E-state index >= 15 is 0 Å². The lowest BCUT2D eigenvalue weighted by atomic mass is 10.2. The molecule has 76 valence electrons. The average molecular weight is 199 g/mol. The Labute approximate surface area is 90.0 Å². The van der Waals surface area contributed by atoms with Crippen LogP contribution in [0.5, 0.6) is 0 Å². The molecule has 1 heterocycles. The summed E-state index contributed by atoms with van der Waals surface area (Å²) in [7, 11) is 0. The fraction of sp³-hybridized carbons (Fsp3) is 0.154. The van der Waals surface area contributed by atoms with E-state index in [1.807, 2.05) is 18.2 Å². The molecule has 2 N–H and O–H groups in total. The first-order chi connectivity index (χ1) is 7.24. The van der Waals surface area contributed by atoms with Crippen LogP contribution >= 0.6 is 0 Å². The Morgan fingerprint density at radius 2 is 1.87 bits per heavy atom. The summed E-state index contributed by atoms with van der Waals surface area (Å²) in [6.07, 6.45) is 4.16. The van der Waals surface area contributed by atoms with Gasteiger partial charge in [0.15, 0.2) is 18.9 Å². The minimum absolute atomic E-state index is 0.820. The second-order valence-electron chi connectivity index (χ2n) is 3.79. The summed E-state index contributed by atoms with van der Waals surface area (Å²) >= 11 is 0. The van der Waals surface area contributed by atoms with Crippen molar-refractivity contribution in [1.82, 2.24) is 0 Å². The Morgan fingerprint density at radius 3 is 2.53 bits per heavy atom. The normalized spacial score (nSPS) is 10.2. The second kappa shape index (κ2) is 4.13. The Balaban J connectivity index is 2.18. The molecule has 2 rings (SSSR count). The third-order valence-corrected chi connectivity index (χ3v) is 2.37. The maximum atomic E-state index is 5.73. The summed E-state index contributed by atoms with van der Waals surface area (Å²) in [6, 6.07) is 12.2. The fourth-order valence-corrected chi connectivity index (χ4v) is 1.54. The first-order valence-electron chi connectivity index (χ1n) is 5.04.